The van der Waals surface area contributed by atoms with Crippen molar-refractivity contribution < 1.29 is 8.97 Å². The van der Waals surface area contributed by atoms with Crippen LogP contribution >= 0.6 is 0 Å². The van der Waals surface area contributed by atoms with E-state index in [1.54, 1.807) is 0 Å². The molecule has 3 rings (SSSR count). The Hall–Kier alpha value is -0.0800. The second-order valence-corrected chi connectivity index (χ2v) is 8.36. The van der Waals surface area contributed by atoms with Crippen molar-refractivity contribution in [1.82, 2.24) is 0 Å². The van der Waals surface area contributed by atoms with Gasteiger partial charge in [-0.1, -0.05) is 12.8 Å². The molecule has 3 atom stereocenters. The number of hydrogen-bond acceptors (Lipinski definition) is 0. The first kappa shape index (κ1) is 13.9. The molecule has 0 N–H and O–H groups in total. The lowest BCUT2D eigenvalue weighted by molar-refractivity contribution is -0.961. The molecule has 0 aromatic rings. The first-order valence-corrected chi connectivity index (χ1v) is 8.76. The minimum Gasteiger partial charge on any atom is -0.321 e. The van der Waals surface area contributed by atoms with E-state index in [4.69, 9.17) is 0 Å². The molecule has 1 aliphatic carbocycles. The van der Waals surface area contributed by atoms with Crippen LogP contribution in [0.5, 0.6) is 0 Å². The maximum atomic E-state index is 2.55. The summed E-state index contributed by atoms with van der Waals surface area (Å²) in [5, 5.41) is 0. The zero-order valence-corrected chi connectivity index (χ0v) is 13.2. The highest BCUT2D eigenvalue weighted by Gasteiger charge is 2.44. The molecule has 0 radical (unpaired) electrons. The summed E-state index contributed by atoms with van der Waals surface area (Å²) in [6.07, 6.45) is 10.5. The molecular formula is C17H34N2+2. The van der Waals surface area contributed by atoms with Gasteiger partial charge in [-0.25, -0.2) is 0 Å². The van der Waals surface area contributed by atoms with E-state index in [-0.39, 0.29) is 0 Å². The quantitative estimate of drug-likeness (QED) is 0.689. The standard InChI is InChI=1S/C17H34N2/c1-18(10-6-3-7-11-18)12-13-19(2)14-16-8-4-5-9-17(16)15-19/h16-17H,3-15H2,1-2H3/q+2/t16-,17+,19?. The third-order valence-corrected chi connectivity index (χ3v) is 6.49. The number of likely N-dealkylation sites (N-methyl/N-ethyl adjacent to an activating group) is 2. The normalized spacial score (nSPS) is 42.0. The van der Waals surface area contributed by atoms with Gasteiger partial charge >= 0.3 is 0 Å². The van der Waals surface area contributed by atoms with Crippen LogP contribution in [0.4, 0.5) is 0 Å². The van der Waals surface area contributed by atoms with Crippen LogP contribution in [-0.4, -0.2) is 62.3 Å². The van der Waals surface area contributed by atoms with Gasteiger partial charge in [0.2, 0.25) is 0 Å². The average molecular weight is 266 g/mol. The largest absolute Gasteiger partial charge is 0.321 e. The molecule has 2 heteroatoms. The summed E-state index contributed by atoms with van der Waals surface area (Å²) in [6.45, 7) is 8.72. The summed E-state index contributed by atoms with van der Waals surface area (Å²) >= 11 is 0. The zero-order valence-electron chi connectivity index (χ0n) is 13.2. The second-order valence-electron chi connectivity index (χ2n) is 8.36. The fourth-order valence-corrected chi connectivity index (χ4v) is 5.14. The van der Waals surface area contributed by atoms with Crippen molar-refractivity contribution in [3.05, 3.63) is 0 Å². The molecule has 0 aromatic heterocycles. The molecule has 2 heterocycles. The van der Waals surface area contributed by atoms with Crippen molar-refractivity contribution >= 4 is 0 Å². The molecule has 2 saturated heterocycles. The predicted octanol–water partition coefficient (Wildman–Crippen LogP) is 2.88. The van der Waals surface area contributed by atoms with E-state index in [1.807, 2.05) is 0 Å². The van der Waals surface area contributed by atoms with E-state index < -0.39 is 0 Å². The molecule has 3 fully saturated rings. The Kier molecular flexibility index (Phi) is 3.92. The highest BCUT2D eigenvalue weighted by Crippen LogP contribution is 2.39. The Balaban J connectivity index is 1.54. The number of likely N-dealkylation sites (tertiary alicyclic amines) is 2. The van der Waals surface area contributed by atoms with Crippen LogP contribution in [0.2, 0.25) is 0 Å². The van der Waals surface area contributed by atoms with Crippen LogP contribution in [0, 0.1) is 11.8 Å². The van der Waals surface area contributed by atoms with Gasteiger partial charge in [-0.3, -0.25) is 0 Å². The molecule has 19 heavy (non-hydrogen) atoms. The minimum atomic E-state index is 1.07. The number of rotatable bonds is 3. The Labute approximate surface area is 120 Å². The Morgan fingerprint density at radius 2 is 1.21 bits per heavy atom. The molecule has 2 aliphatic heterocycles. The van der Waals surface area contributed by atoms with Gasteiger partial charge in [0.25, 0.3) is 0 Å². The van der Waals surface area contributed by atoms with Gasteiger partial charge in [-0.15, -0.1) is 0 Å². The molecular weight excluding hydrogens is 232 g/mol. The molecule has 3 aliphatic rings. The van der Waals surface area contributed by atoms with Crippen molar-refractivity contribution in [2.75, 3.05) is 53.4 Å². The summed E-state index contributed by atoms with van der Waals surface area (Å²) in [5.41, 5.74) is 0. The predicted molar refractivity (Wildman–Crippen MR) is 80.9 cm³/mol. The van der Waals surface area contributed by atoms with Crippen LogP contribution in [0.15, 0.2) is 0 Å². The number of quaternary nitrogens is 2. The summed E-state index contributed by atoms with van der Waals surface area (Å²) in [6, 6.07) is 0. The van der Waals surface area contributed by atoms with Crippen molar-refractivity contribution in [3.8, 4) is 0 Å². The molecule has 110 valence electrons. The molecule has 2 nitrogen and oxygen atoms in total. The third-order valence-electron chi connectivity index (χ3n) is 6.49. The number of nitrogens with zero attached hydrogens (tertiary/aromatic N) is 2. The monoisotopic (exact) mass is 266 g/mol. The van der Waals surface area contributed by atoms with Crippen LogP contribution in [0.1, 0.15) is 44.9 Å². The fraction of sp³-hybridized carbons (Fsp3) is 1.00. The van der Waals surface area contributed by atoms with Gasteiger partial charge < -0.3 is 8.97 Å². The van der Waals surface area contributed by atoms with E-state index >= 15 is 0 Å². The number of hydrogen-bond donors (Lipinski definition) is 0. The molecule has 1 unspecified atom stereocenters. The summed E-state index contributed by atoms with van der Waals surface area (Å²) in [7, 11) is 5.06. The van der Waals surface area contributed by atoms with Crippen molar-refractivity contribution in [2.45, 2.75) is 44.9 Å². The number of fused-ring (bicyclic) bond motifs is 1. The first-order chi connectivity index (χ1) is 9.09. The molecule has 0 aromatic carbocycles. The Morgan fingerprint density at radius 1 is 0.684 bits per heavy atom. The van der Waals surface area contributed by atoms with Crippen molar-refractivity contribution in [3.63, 3.8) is 0 Å². The highest BCUT2D eigenvalue weighted by molar-refractivity contribution is 4.80. The average Bonchev–Trinajstić information content (AvgIpc) is 2.74. The van der Waals surface area contributed by atoms with Crippen LogP contribution in [0.3, 0.4) is 0 Å². The van der Waals surface area contributed by atoms with Crippen LogP contribution in [0.25, 0.3) is 0 Å². The lowest BCUT2D eigenvalue weighted by atomic mass is 9.82. The maximum Gasteiger partial charge on any atom is 0.128 e. The van der Waals surface area contributed by atoms with Crippen molar-refractivity contribution in [2.24, 2.45) is 11.8 Å². The highest BCUT2D eigenvalue weighted by atomic mass is 15.4. The Bertz CT molecular complexity index is 292. The minimum absolute atomic E-state index is 1.07. The summed E-state index contributed by atoms with van der Waals surface area (Å²) in [5.74, 6) is 2.15. The smallest absolute Gasteiger partial charge is 0.128 e. The van der Waals surface area contributed by atoms with E-state index in [0.29, 0.717) is 0 Å². The van der Waals surface area contributed by atoms with Gasteiger partial charge in [-0.2, -0.15) is 0 Å². The van der Waals surface area contributed by atoms with E-state index in [1.165, 1.54) is 93.2 Å². The molecule has 0 spiro atoms. The van der Waals surface area contributed by atoms with Crippen molar-refractivity contribution in [1.29, 1.82) is 0 Å². The summed E-state index contributed by atoms with van der Waals surface area (Å²) in [4.78, 5) is 0. The van der Waals surface area contributed by atoms with Gasteiger partial charge in [-0.05, 0) is 32.1 Å². The van der Waals surface area contributed by atoms with Crippen LogP contribution < -0.4 is 0 Å². The topological polar surface area (TPSA) is 0 Å². The van der Waals surface area contributed by atoms with E-state index in [2.05, 4.69) is 14.1 Å². The van der Waals surface area contributed by atoms with Gasteiger partial charge in [0.15, 0.2) is 0 Å². The zero-order chi connectivity index (χ0) is 13.3. The maximum absolute atomic E-state index is 2.55. The lowest BCUT2D eigenvalue weighted by Gasteiger charge is -2.40. The first-order valence-electron chi connectivity index (χ1n) is 8.76. The van der Waals surface area contributed by atoms with Gasteiger partial charge in [0, 0.05) is 11.8 Å². The molecule has 1 saturated carbocycles. The Morgan fingerprint density at radius 3 is 1.79 bits per heavy atom. The van der Waals surface area contributed by atoms with E-state index in [0.717, 1.165) is 11.8 Å². The lowest BCUT2D eigenvalue weighted by Crippen LogP contribution is -2.55. The van der Waals surface area contributed by atoms with Gasteiger partial charge in [0.1, 0.15) is 13.1 Å². The molecule has 0 bridgehead atoms. The van der Waals surface area contributed by atoms with E-state index in [9.17, 15) is 0 Å². The SMILES string of the molecule is C[N+]1(CC[N+]2(C)C[C@H]3CCCC[C@H]3C2)CCCCC1. The number of piperidine rings is 1. The third kappa shape index (κ3) is 3.16. The second kappa shape index (κ2) is 5.37. The van der Waals surface area contributed by atoms with Crippen LogP contribution in [-0.2, 0) is 0 Å². The fourth-order valence-electron chi connectivity index (χ4n) is 5.14. The van der Waals surface area contributed by atoms with Gasteiger partial charge in [0.05, 0.1) is 40.3 Å². The molecule has 0 amide bonds. The summed E-state index contributed by atoms with van der Waals surface area (Å²) < 4.78 is 2.76.